The van der Waals surface area contributed by atoms with E-state index in [9.17, 15) is 9.18 Å². The third-order valence-corrected chi connectivity index (χ3v) is 2.94. The van der Waals surface area contributed by atoms with Gasteiger partial charge in [0.2, 0.25) is 0 Å². The van der Waals surface area contributed by atoms with Crippen molar-refractivity contribution in [1.29, 1.82) is 5.26 Å². The van der Waals surface area contributed by atoms with Gasteiger partial charge in [-0.1, -0.05) is 0 Å². The molecule has 0 saturated heterocycles. The van der Waals surface area contributed by atoms with Crippen molar-refractivity contribution in [2.24, 2.45) is 0 Å². The first-order chi connectivity index (χ1) is 9.52. The second-order valence-electron chi connectivity index (χ2n) is 4.18. The first-order valence-electron chi connectivity index (χ1n) is 5.79. The number of anilines is 2. The van der Waals surface area contributed by atoms with Gasteiger partial charge in [0.1, 0.15) is 11.9 Å². The van der Waals surface area contributed by atoms with Crippen molar-refractivity contribution < 1.29 is 14.3 Å². The van der Waals surface area contributed by atoms with E-state index >= 15 is 0 Å². The van der Waals surface area contributed by atoms with Crippen LogP contribution in [0, 0.1) is 17.1 Å². The zero-order valence-corrected chi connectivity index (χ0v) is 10.7. The number of rotatable bonds is 3. The van der Waals surface area contributed by atoms with Crippen molar-refractivity contribution in [3.63, 3.8) is 0 Å². The fourth-order valence-corrected chi connectivity index (χ4v) is 1.85. The standard InChI is InChI=1S/C15H11FN2O2/c1-18(13-5-3-12(16)4-6-13)14-7-2-10(15(19)20)8-11(14)9-17/h2-8H,1H3,(H,19,20). The molecule has 1 N–H and O–H groups in total. The summed E-state index contributed by atoms with van der Waals surface area (Å²) in [6.07, 6.45) is 0. The van der Waals surface area contributed by atoms with E-state index in [2.05, 4.69) is 0 Å². The lowest BCUT2D eigenvalue weighted by atomic mass is 10.1. The Morgan fingerprint density at radius 1 is 1.25 bits per heavy atom. The van der Waals surface area contributed by atoms with Crippen LogP contribution >= 0.6 is 0 Å². The van der Waals surface area contributed by atoms with Gasteiger partial charge >= 0.3 is 5.97 Å². The Morgan fingerprint density at radius 2 is 1.90 bits per heavy atom. The summed E-state index contributed by atoms with van der Waals surface area (Å²) in [6.45, 7) is 0. The highest BCUT2D eigenvalue weighted by molar-refractivity contribution is 5.89. The fourth-order valence-electron chi connectivity index (χ4n) is 1.85. The molecule has 0 fully saturated rings. The number of halogens is 1. The third kappa shape index (κ3) is 2.59. The van der Waals surface area contributed by atoms with E-state index in [0.29, 0.717) is 11.4 Å². The molecule has 0 heterocycles. The topological polar surface area (TPSA) is 64.3 Å². The van der Waals surface area contributed by atoms with E-state index in [1.54, 1.807) is 30.1 Å². The summed E-state index contributed by atoms with van der Waals surface area (Å²) in [7, 11) is 1.73. The zero-order chi connectivity index (χ0) is 14.7. The van der Waals surface area contributed by atoms with Gasteiger partial charge in [-0.15, -0.1) is 0 Å². The normalized spacial score (nSPS) is 9.85. The highest BCUT2D eigenvalue weighted by atomic mass is 19.1. The van der Waals surface area contributed by atoms with Crippen molar-refractivity contribution in [1.82, 2.24) is 0 Å². The van der Waals surface area contributed by atoms with Gasteiger partial charge in [0.15, 0.2) is 0 Å². The minimum Gasteiger partial charge on any atom is -0.478 e. The van der Waals surface area contributed by atoms with Crippen LogP contribution in [-0.2, 0) is 0 Å². The van der Waals surface area contributed by atoms with E-state index in [-0.39, 0.29) is 16.9 Å². The van der Waals surface area contributed by atoms with Crippen LogP contribution in [0.4, 0.5) is 15.8 Å². The molecular formula is C15H11FN2O2. The molecule has 0 aliphatic rings. The van der Waals surface area contributed by atoms with Crippen molar-refractivity contribution in [2.45, 2.75) is 0 Å². The highest BCUT2D eigenvalue weighted by Gasteiger charge is 2.12. The summed E-state index contributed by atoms with van der Waals surface area (Å²) in [5.41, 5.74) is 1.56. The SMILES string of the molecule is CN(c1ccc(F)cc1)c1ccc(C(=O)O)cc1C#N. The summed E-state index contributed by atoms with van der Waals surface area (Å²) in [5, 5.41) is 18.1. The van der Waals surface area contributed by atoms with Crippen LogP contribution in [0.5, 0.6) is 0 Å². The Kier molecular flexibility index (Phi) is 3.67. The van der Waals surface area contributed by atoms with Gasteiger partial charge < -0.3 is 10.0 Å². The number of hydrogen-bond donors (Lipinski definition) is 1. The number of nitriles is 1. The first-order valence-corrected chi connectivity index (χ1v) is 5.79. The molecule has 0 atom stereocenters. The Balaban J connectivity index is 2.44. The Hall–Kier alpha value is -2.87. The van der Waals surface area contributed by atoms with Gasteiger partial charge in [-0.25, -0.2) is 9.18 Å². The summed E-state index contributed by atoms with van der Waals surface area (Å²) in [5.74, 6) is -1.43. The molecule has 2 aromatic rings. The van der Waals surface area contributed by atoms with Gasteiger partial charge in [0.25, 0.3) is 0 Å². The lowest BCUT2D eigenvalue weighted by Gasteiger charge is -2.20. The Labute approximate surface area is 115 Å². The second-order valence-corrected chi connectivity index (χ2v) is 4.18. The number of carboxylic acid groups (broad SMARTS) is 1. The van der Waals surface area contributed by atoms with Crippen LogP contribution in [0.15, 0.2) is 42.5 Å². The summed E-state index contributed by atoms with van der Waals surface area (Å²) < 4.78 is 12.9. The number of carbonyl (C=O) groups is 1. The second kappa shape index (κ2) is 5.41. The molecule has 0 amide bonds. The van der Waals surface area contributed by atoms with Crippen LogP contribution in [0.25, 0.3) is 0 Å². The van der Waals surface area contributed by atoms with Crippen molar-refractivity contribution in [2.75, 3.05) is 11.9 Å². The van der Waals surface area contributed by atoms with Crippen LogP contribution in [0.1, 0.15) is 15.9 Å². The Morgan fingerprint density at radius 3 is 2.45 bits per heavy atom. The van der Waals surface area contributed by atoms with Gasteiger partial charge in [-0.2, -0.15) is 5.26 Å². The van der Waals surface area contributed by atoms with Crippen molar-refractivity contribution in [3.05, 3.63) is 59.4 Å². The van der Waals surface area contributed by atoms with Crippen LogP contribution in [-0.4, -0.2) is 18.1 Å². The molecule has 2 aromatic carbocycles. The largest absolute Gasteiger partial charge is 0.478 e. The molecule has 0 saturated carbocycles. The maximum absolute atomic E-state index is 12.9. The number of aromatic carboxylic acids is 1. The van der Waals surface area contributed by atoms with Crippen molar-refractivity contribution >= 4 is 17.3 Å². The summed E-state index contributed by atoms with van der Waals surface area (Å²) in [6, 6.07) is 12.1. The molecule has 2 rings (SSSR count). The first kappa shape index (κ1) is 13.6. The van der Waals surface area contributed by atoms with E-state index < -0.39 is 5.97 Å². The molecular weight excluding hydrogens is 259 g/mol. The predicted molar refractivity (Wildman–Crippen MR) is 72.6 cm³/mol. The van der Waals surface area contributed by atoms with E-state index in [0.717, 1.165) is 0 Å². The molecule has 20 heavy (non-hydrogen) atoms. The minimum absolute atomic E-state index is 0.0535. The molecule has 100 valence electrons. The average molecular weight is 270 g/mol. The van der Waals surface area contributed by atoms with E-state index in [1.807, 2.05) is 6.07 Å². The number of benzene rings is 2. The fraction of sp³-hybridized carbons (Fsp3) is 0.0667. The molecule has 0 unspecified atom stereocenters. The lowest BCUT2D eigenvalue weighted by molar-refractivity contribution is 0.0697. The maximum Gasteiger partial charge on any atom is 0.335 e. The van der Waals surface area contributed by atoms with Crippen LogP contribution < -0.4 is 4.90 Å². The number of nitrogens with zero attached hydrogens (tertiary/aromatic N) is 2. The number of hydrogen-bond acceptors (Lipinski definition) is 3. The molecule has 4 nitrogen and oxygen atoms in total. The predicted octanol–water partition coefficient (Wildman–Crippen LogP) is 3.16. The van der Waals surface area contributed by atoms with Gasteiger partial charge in [0, 0.05) is 12.7 Å². The molecule has 0 aromatic heterocycles. The molecule has 5 heteroatoms. The zero-order valence-electron chi connectivity index (χ0n) is 10.7. The Bertz CT molecular complexity index is 690. The molecule has 0 radical (unpaired) electrons. The smallest absolute Gasteiger partial charge is 0.335 e. The quantitative estimate of drug-likeness (QED) is 0.930. The van der Waals surface area contributed by atoms with Crippen LogP contribution in [0.2, 0.25) is 0 Å². The number of carboxylic acids is 1. The van der Waals surface area contributed by atoms with Gasteiger partial charge in [-0.3, -0.25) is 0 Å². The van der Waals surface area contributed by atoms with Crippen molar-refractivity contribution in [3.8, 4) is 6.07 Å². The third-order valence-electron chi connectivity index (χ3n) is 2.94. The minimum atomic E-state index is -1.09. The van der Waals surface area contributed by atoms with E-state index in [4.69, 9.17) is 10.4 Å². The summed E-state index contributed by atoms with van der Waals surface area (Å²) >= 11 is 0. The highest BCUT2D eigenvalue weighted by Crippen LogP contribution is 2.27. The molecule has 0 aliphatic heterocycles. The van der Waals surface area contributed by atoms with Crippen LogP contribution in [0.3, 0.4) is 0 Å². The molecule has 0 spiro atoms. The van der Waals surface area contributed by atoms with Gasteiger partial charge in [0.05, 0.1) is 16.8 Å². The monoisotopic (exact) mass is 270 g/mol. The lowest BCUT2D eigenvalue weighted by Crippen LogP contribution is -2.11. The van der Waals surface area contributed by atoms with E-state index in [1.165, 1.54) is 24.3 Å². The maximum atomic E-state index is 12.9. The molecule has 0 bridgehead atoms. The summed E-state index contributed by atoms with van der Waals surface area (Å²) in [4.78, 5) is 12.6. The average Bonchev–Trinajstić information content (AvgIpc) is 2.46. The van der Waals surface area contributed by atoms with Gasteiger partial charge in [-0.05, 0) is 42.5 Å². The molecule has 0 aliphatic carbocycles.